The number of aliphatic hydroxyl groups excluding tert-OH is 1. The molecule has 3 fully saturated rings. The van der Waals surface area contributed by atoms with Crippen molar-refractivity contribution < 1.29 is 37.7 Å². The molecule has 0 heterocycles. The Balaban J connectivity index is 1.89. The molecule has 35 heavy (non-hydrogen) atoms. The van der Waals surface area contributed by atoms with Gasteiger partial charge in [0, 0.05) is 36.2 Å². The quantitative estimate of drug-likeness (QED) is 0.557. The summed E-state index contributed by atoms with van der Waals surface area (Å²) in [7, 11) is 1.36. The summed E-state index contributed by atoms with van der Waals surface area (Å²) in [4.78, 5) is 38.3. The minimum Gasteiger partial charge on any atom is -0.450 e. The predicted molar refractivity (Wildman–Crippen MR) is 124 cm³/mol. The molecular formula is C26H33ClF2O6. The van der Waals surface area contributed by atoms with Crippen LogP contribution in [0, 0.1) is 28.6 Å². The van der Waals surface area contributed by atoms with Gasteiger partial charge in [-0.15, -0.1) is 0 Å². The Kier molecular flexibility index (Phi) is 6.38. The molecule has 0 saturated heterocycles. The van der Waals surface area contributed by atoms with Gasteiger partial charge >= 0.3 is 5.97 Å². The summed E-state index contributed by atoms with van der Waals surface area (Å²) < 4.78 is 44.1. The summed E-state index contributed by atoms with van der Waals surface area (Å²) in [5.41, 5.74) is -6.95. The molecule has 0 aromatic rings. The number of fused-ring (bicyclic) bond motifs is 5. The number of Topliss-reactive ketones (excluding diaryl/α,β-unsaturated/α-hetero) is 1. The first kappa shape index (κ1) is 26.4. The summed E-state index contributed by atoms with van der Waals surface area (Å²) in [5, 5.41) is 11.1. The Bertz CT molecular complexity index is 1030. The summed E-state index contributed by atoms with van der Waals surface area (Å²) in [6, 6.07) is 0. The monoisotopic (exact) mass is 514 g/mol. The molecular weight excluding hydrogens is 482 g/mol. The Labute approximate surface area is 209 Å². The van der Waals surface area contributed by atoms with Crippen LogP contribution in [0.2, 0.25) is 0 Å². The average molecular weight is 515 g/mol. The van der Waals surface area contributed by atoms with E-state index in [0.29, 0.717) is 6.42 Å². The van der Waals surface area contributed by atoms with E-state index in [1.165, 1.54) is 20.1 Å². The van der Waals surface area contributed by atoms with Crippen molar-refractivity contribution in [1.82, 2.24) is 0 Å². The number of esters is 1. The molecule has 0 aromatic carbocycles. The van der Waals surface area contributed by atoms with E-state index in [-0.39, 0.29) is 36.5 Å². The number of ether oxygens (including phenoxy) is 2. The second-order valence-electron chi connectivity index (χ2n) is 11.0. The van der Waals surface area contributed by atoms with Crippen LogP contribution in [-0.4, -0.2) is 59.9 Å². The fourth-order valence-corrected chi connectivity index (χ4v) is 8.35. The first-order valence-corrected chi connectivity index (χ1v) is 12.5. The lowest BCUT2D eigenvalue weighted by Crippen LogP contribution is -2.71. The average Bonchev–Trinajstić information content (AvgIpc) is 3.00. The Morgan fingerprint density at radius 1 is 1.26 bits per heavy atom. The SMILES string of the molecule is CCC(=O)O[C@]1(C(=O)COC)[C@H](C)C[C@H]2[C@@H]3C[C@H](F)C4=C(Cl)C(=O)C=C[C@]4(C)[C@@]3(F)[C@@H](O)C[C@@]21C. The molecule has 6 nitrogen and oxygen atoms in total. The molecule has 0 unspecified atom stereocenters. The van der Waals surface area contributed by atoms with E-state index in [9.17, 15) is 19.5 Å². The molecule has 1 N–H and O–H groups in total. The van der Waals surface area contributed by atoms with Gasteiger partial charge in [-0.1, -0.05) is 38.4 Å². The molecule has 0 radical (unpaired) electrons. The standard InChI is InChI=1S/C26H33ClF2O6/c1-6-20(33)35-26(19(32)12-34-5)13(2)9-14-15-10-16(28)21-22(27)17(30)7-8-23(21,3)25(15,29)18(31)11-24(14,26)4/h7-8,13-16,18,31H,6,9-12H2,1-5H3/t13-,14+,15+,16+,18+,23+,24+,25+,26+/m1/s1. The molecule has 4 aliphatic rings. The number of ketones is 2. The number of alkyl halides is 2. The molecule has 9 heteroatoms. The highest BCUT2D eigenvalue weighted by Crippen LogP contribution is 2.72. The van der Waals surface area contributed by atoms with Crippen molar-refractivity contribution >= 4 is 29.1 Å². The fourth-order valence-electron chi connectivity index (χ4n) is 7.97. The number of aliphatic hydroxyl groups is 1. The van der Waals surface area contributed by atoms with Gasteiger partial charge in [0.1, 0.15) is 12.8 Å². The Morgan fingerprint density at radius 2 is 1.91 bits per heavy atom. The van der Waals surface area contributed by atoms with E-state index < -0.39 is 69.7 Å². The van der Waals surface area contributed by atoms with Crippen LogP contribution in [0.5, 0.6) is 0 Å². The van der Waals surface area contributed by atoms with Crippen LogP contribution < -0.4 is 0 Å². The molecule has 194 valence electrons. The summed E-state index contributed by atoms with van der Waals surface area (Å²) in [6.07, 6.45) is -1.06. The number of methoxy groups -OCH3 is 1. The van der Waals surface area contributed by atoms with Gasteiger partial charge in [-0.3, -0.25) is 14.4 Å². The Morgan fingerprint density at radius 3 is 2.51 bits per heavy atom. The lowest BCUT2D eigenvalue weighted by Gasteiger charge is -2.63. The van der Waals surface area contributed by atoms with Gasteiger partial charge in [-0.05, 0) is 43.8 Å². The van der Waals surface area contributed by atoms with E-state index >= 15 is 8.78 Å². The van der Waals surface area contributed by atoms with Crippen molar-refractivity contribution in [2.75, 3.05) is 13.7 Å². The van der Waals surface area contributed by atoms with Crippen LogP contribution in [-0.2, 0) is 23.9 Å². The zero-order valence-corrected chi connectivity index (χ0v) is 21.5. The Hall–Kier alpha value is -1.64. The zero-order valence-electron chi connectivity index (χ0n) is 20.7. The number of rotatable bonds is 5. The number of halogens is 3. The molecule has 0 bridgehead atoms. The van der Waals surface area contributed by atoms with Gasteiger partial charge in [0.05, 0.1) is 11.1 Å². The molecule has 3 saturated carbocycles. The van der Waals surface area contributed by atoms with E-state index in [1.807, 2.05) is 0 Å². The lowest BCUT2D eigenvalue weighted by atomic mass is 9.44. The molecule has 0 aromatic heterocycles. The number of hydrogen-bond acceptors (Lipinski definition) is 6. The molecule has 0 spiro atoms. The van der Waals surface area contributed by atoms with Gasteiger partial charge in [0.25, 0.3) is 0 Å². The summed E-state index contributed by atoms with van der Waals surface area (Å²) >= 11 is 6.20. The summed E-state index contributed by atoms with van der Waals surface area (Å²) in [6.45, 7) is 6.27. The smallest absolute Gasteiger partial charge is 0.306 e. The van der Waals surface area contributed by atoms with Crippen LogP contribution in [0.3, 0.4) is 0 Å². The topological polar surface area (TPSA) is 89.9 Å². The molecule has 4 rings (SSSR count). The fraction of sp³-hybridized carbons (Fsp3) is 0.731. The van der Waals surface area contributed by atoms with Crippen molar-refractivity contribution in [3.05, 3.63) is 22.8 Å². The number of allylic oxidation sites excluding steroid dienone is 4. The van der Waals surface area contributed by atoms with Gasteiger partial charge in [0.15, 0.2) is 17.1 Å². The van der Waals surface area contributed by atoms with E-state index in [1.54, 1.807) is 20.8 Å². The van der Waals surface area contributed by atoms with Crippen molar-refractivity contribution in [1.29, 1.82) is 0 Å². The van der Waals surface area contributed by atoms with E-state index in [4.69, 9.17) is 21.1 Å². The first-order chi connectivity index (χ1) is 16.3. The van der Waals surface area contributed by atoms with Crippen molar-refractivity contribution in [3.8, 4) is 0 Å². The third kappa shape index (κ3) is 3.15. The predicted octanol–water partition coefficient (Wildman–Crippen LogP) is 4.03. The maximum Gasteiger partial charge on any atom is 0.306 e. The second-order valence-corrected chi connectivity index (χ2v) is 11.4. The molecule has 9 atom stereocenters. The minimum atomic E-state index is -2.35. The number of carbonyl (C=O) groups is 3. The highest BCUT2D eigenvalue weighted by molar-refractivity contribution is 6.45. The van der Waals surface area contributed by atoms with Crippen LogP contribution in [0.4, 0.5) is 8.78 Å². The second kappa shape index (κ2) is 8.45. The van der Waals surface area contributed by atoms with Crippen LogP contribution >= 0.6 is 11.6 Å². The third-order valence-corrected chi connectivity index (χ3v) is 9.89. The lowest BCUT2D eigenvalue weighted by molar-refractivity contribution is -0.231. The van der Waals surface area contributed by atoms with Crippen LogP contribution in [0.25, 0.3) is 0 Å². The number of carbonyl (C=O) groups excluding carboxylic acids is 3. The van der Waals surface area contributed by atoms with Crippen LogP contribution in [0.1, 0.15) is 53.4 Å². The van der Waals surface area contributed by atoms with E-state index in [2.05, 4.69) is 0 Å². The highest BCUT2D eigenvalue weighted by Gasteiger charge is 2.78. The van der Waals surface area contributed by atoms with Crippen LogP contribution in [0.15, 0.2) is 22.8 Å². The van der Waals surface area contributed by atoms with Gasteiger partial charge < -0.3 is 14.6 Å². The van der Waals surface area contributed by atoms with Gasteiger partial charge in [-0.2, -0.15) is 0 Å². The molecule has 4 aliphatic carbocycles. The van der Waals surface area contributed by atoms with Crippen molar-refractivity contribution in [2.45, 2.75) is 76.9 Å². The maximum atomic E-state index is 17.4. The molecule has 0 amide bonds. The van der Waals surface area contributed by atoms with Gasteiger partial charge in [0.2, 0.25) is 5.78 Å². The van der Waals surface area contributed by atoms with E-state index in [0.717, 1.165) is 6.08 Å². The zero-order chi connectivity index (χ0) is 26.1. The van der Waals surface area contributed by atoms with Crippen molar-refractivity contribution in [2.24, 2.45) is 28.6 Å². The largest absolute Gasteiger partial charge is 0.450 e. The summed E-state index contributed by atoms with van der Waals surface area (Å²) in [5.74, 6) is -3.74. The highest BCUT2D eigenvalue weighted by atomic mass is 35.5. The number of hydrogen-bond donors (Lipinski definition) is 1. The molecule has 0 aliphatic heterocycles. The third-order valence-electron chi connectivity index (χ3n) is 9.50. The minimum absolute atomic E-state index is 0.0324. The normalized spacial score (nSPS) is 46.7. The first-order valence-electron chi connectivity index (χ1n) is 12.1. The van der Waals surface area contributed by atoms with Crippen molar-refractivity contribution in [3.63, 3.8) is 0 Å². The maximum absolute atomic E-state index is 17.4. The van der Waals surface area contributed by atoms with Gasteiger partial charge in [-0.25, -0.2) is 8.78 Å².